The van der Waals surface area contributed by atoms with Gasteiger partial charge in [-0.25, -0.2) is 4.79 Å². The molecule has 7 heteroatoms. The molecule has 0 spiro atoms. The molecule has 0 unspecified atom stereocenters. The summed E-state index contributed by atoms with van der Waals surface area (Å²) in [6, 6.07) is 7.74. The highest BCUT2D eigenvalue weighted by Gasteiger charge is 2.41. The highest BCUT2D eigenvalue weighted by atomic mass is 16.6. The van der Waals surface area contributed by atoms with Crippen LogP contribution < -0.4 is 5.32 Å². The predicted octanol–water partition coefficient (Wildman–Crippen LogP) is -0.184. The number of rotatable bonds is 4. The second kappa shape index (κ2) is 7.35. The molecule has 1 fully saturated rings. The van der Waals surface area contributed by atoms with Crippen LogP contribution in [0.5, 0.6) is 0 Å². The first-order valence-electron chi connectivity index (χ1n) is 6.98. The van der Waals surface area contributed by atoms with E-state index in [1.54, 1.807) is 30.3 Å². The van der Waals surface area contributed by atoms with Crippen molar-refractivity contribution < 1.29 is 29.3 Å². The largest absolute Gasteiger partial charge is 0.454 e. The molecule has 7 nitrogen and oxygen atoms in total. The van der Waals surface area contributed by atoms with Crippen molar-refractivity contribution in [3.8, 4) is 0 Å². The monoisotopic (exact) mass is 309 g/mol. The van der Waals surface area contributed by atoms with Crippen LogP contribution in [0.1, 0.15) is 23.7 Å². The van der Waals surface area contributed by atoms with Gasteiger partial charge >= 0.3 is 5.97 Å². The molecule has 2 rings (SSSR count). The van der Waals surface area contributed by atoms with E-state index in [-0.39, 0.29) is 12.3 Å². The number of esters is 1. The molecule has 1 aliphatic rings. The lowest BCUT2D eigenvalue weighted by atomic mass is 9.98. The summed E-state index contributed by atoms with van der Waals surface area (Å²) in [4.78, 5) is 23.4. The van der Waals surface area contributed by atoms with Crippen LogP contribution in [0.4, 0.5) is 0 Å². The molecule has 1 amide bonds. The summed E-state index contributed by atoms with van der Waals surface area (Å²) in [5.41, 5.74) is 0.354. The average Bonchev–Trinajstić information content (AvgIpc) is 2.49. The van der Waals surface area contributed by atoms with Crippen molar-refractivity contribution in [2.75, 3.05) is 6.61 Å². The molecule has 0 radical (unpaired) electrons. The zero-order chi connectivity index (χ0) is 16.1. The van der Waals surface area contributed by atoms with Gasteiger partial charge in [0.15, 0.2) is 12.4 Å². The van der Waals surface area contributed by atoms with E-state index in [0.717, 1.165) is 0 Å². The predicted molar refractivity (Wildman–Crippen MR) is 75.8 cm³/mol. The van der Waals surface area contributed by atoms with Crippen LogP contribution in [0.2, 0.25) is 0 Å². The number of aliphatic hydroxyl groups excluding tert-OH is 2. The van der Waals surface area contributed by atoms with Crippen LogP contribution in [0.3, 0.4) is 0 Å². The summed E-state index contributed by atoms with van der Waals surface area (Å²) in [7, 11) is 0. The number of carbonyl (C=O) groups is 2. The molecule has 1 aromatic rings. The van der Waals surface area contributed by atoms with Crippen molar-refractivity contribution in [3.05, 3.63) is 35.9 Å². The maximum Gasteiger partial charge on any atom is 0.338 e. The van der Waals surface area contributed by atoms with E-state index >= 15 is 0 Å². The lowest BCUT2D eigenvalue weighted by Crippen LogP contribution is -2.58. The van der Waals surface area contributed by atoms with Gasteiger partial charge in [0.05, 0.1) is 18.2 Å². The third-order valence-electron chi connectivity index (χ3n) is 3.37. The Kier molecular flexibility index (Phi) is 5.48. The first-order valence-corrected chi connectivity index (χ1v) is 6.98. The van der Waals surface area contributed by atoms with Gasteiger partial charge in [-0.2, -0.15) is 0 Å². The zero-order valence-electron chi connectivity index (χ0n) is 12.1. The molecule has 1 saturated heterocycles. The van der Waals surface area contributed by atoms with E-state index in [1.807, 2.05) is 0 Å². The normalized spacial score (nSPS) is 28.0. The fourth-order valence-corrected chi connectivity index (χ4v) is 2.42. The van der Waals surface area contributed by atoms with Gasteiger partial charge in [-0.15, -0.1) is 0 Å². The molecule has 0 saturated carbocycles. The first-order chi connectivity index (χ1) is 10.5. The summed E-state index contributed by atoms with van der Waals surface area (Å²) in [6.07, 6.45) is -2.86. The van der Waals surface area contributed by atoms with Crippen molar-refractivity contribution >= 4 is 11.9 Å². The Morgan fingerprint density at radius 2 is 2.05 bits per heavy atom. The number of benzene rings is 1. The molecule has 0 bridgehead atoms. The molecule has 22 heavy (non-hydrogen) atoms. The molecule has 4 atom stereocenters. The number of aliphatic hydroxyl groups is 2. The Morgan fingerprint density at radius 3 is 2.64 bits per heavy atom. The fourth-order valence-electron chi connectivity index (χ4n) is 2.42. The molecule has 1 aliphatic heterocycles. The third-order valence-corrected chi connectivity index (χ3v) is 3.37. The van der Waals surface area contributed by atoms with Crippen molar-refractivity contribution in [2.45, 2.75) is 37.9 Å². The SMILES string of the molecule is CC(=O)N[C@H]1C[C@@H](O)O[C@H](CO)[C@H]1OC(=O)c1ccccc1. The van der Waals surface area contributed by atoms with Gasteiger partial charge in [0.2, 0.25) is 5.91 Å². The van der Waals surface area contributed by atoms with Gasteiger partial charge in [0, 0.05) is 13.3 Å². The maximum absolute atomic E-state index is 12.2. The zero-order valence-corrected chi connectivity index (χ0v) is 12.1. The van der Waals surface area contributed by atoms with Gasteiger partial charge in [-0.3, -0.25) is 4.79 Å². The van der Waals surface area contributed by atoms with Crippen LogP contribution in [0.25, 0.3) is 0 Å². The van der Waals surface area contributed by atoms with Gasteiger partial charge < -0.3 is 25.0 Å². The number of ether oxygens (including phenoxy) is 2. The minimum absolute atomic E-state index is 0.0722. The maximum atomic E-state index is 12.2. The van der Waals surface area contributed by atoms with Crippen molar-refractivity contribution in [3.63, 3.8) is 0 Å². The number of carbonyl (C=O) groups excluding carboxylic acids is 2. The van der Waals surface area contributed by atoms with Crippen LogP contribution in [0.15, 0.2) is 30.3 Å². The second-order valence-corrected chi connectivity index (χ2v) is 5.09. The smallest absolute Gasteiger partial charge is 0.338 e. The van der Waals surface area contributed by atoms with Crippen LogP contribution >= 0.6 is 0 Å². The topological polar surface area (TPSA) is 105 Å². The molecule has 3 N–H and O–H groups in total. The fraction of sp³-hybridized carbons (Fsp3) is 0.467. The Balaban J connectivity index is 2.15. The van der Waals surface area contributed by atoms with Crippen LogP contribution in [-0.4, -0.2) is 53.2 Å². The third kappa shape index (κ3) is 4.03. The number of nitrogens with one attached hydrogen (secondary N) is 1. The standard InChI is InChI=1S/C15H19NO6/c1-9(18)16-11-7-13(19)21-12(8-17)14(11)22-15(20)10-5-3-2-4-6-10/h2-6,11-14,17,19H,7-8H2,1H3,(H,16,18)/t11-,12+,13-,14-/m0/s1. The Hall–Kier alpha value is -1.96. The first kappa shape index (κ1) is 16.4. The minimum Gasteiger partial charge on any atom is -0.454 e. The Labute approximate surface area is 127 Å². The number of hydrogen-bond donors (Lipinski definition) is 3. The van der Waals surface area contributed by atoms with E-state index in [0.29, 0.717) is 5.56 Å². The number of amides is 1. The summed E-state index contributed by atoms with van der Waals surface area (Å²) in [6.45, 7) is 0.881. The van der Waals surface area contributed by atoms with Gasteiger partial charge in [-0.1, -0.05) is 18.2 Å². The highest BCUT2D eigenvalue weighted by Crippen LogP contribution is 2.23. The summed E-state index contributed by atoms with van der Waals surface area (Å²) in [5.74, 6) is -0.907. The quantitative estimate of drug-likeness (QED) is 0.666. The van der Waals surface area contributed by atoms with Crippen molar-refractivity contribution in [1.82, 2.24) is 5.32 Å². The second-order valence-electron chi connectivity index (χ2n) is 5.09. The van der Waals surface area contributed by atoms with Crippen LogP contribution in [-0.2, 0) is 14.3 Å². The summed E-state index contributed by atoms with van der Waals surface area (Å²) >= 11 is 0. The highest BCUT2D eigenvalue weighted by molar-refractivity contribution is 5.89. The summed E-state index contributed by atoms with van der Waals surface area (Å²) < 4.78 is 10.6. The van der Waals surface area contributed by atoms with Gasteiger partial charge in [0.25, 0.3) is 0 Å². The molecular formula is C15H19NO6. The Morgan fingerprint density at radius 1 is 1.36 bits per heavy atom. The lowest BCUT2D eigenvalue weighted by molar-refractivity contribution is -0.217. The van der Waals surface area contributed by atoms with Crippen LogP contribution in [0, 0.1) is 0 Å². The number of hydrogen-bond acceptors (Lipinski definition) is 6. The van der Waals surface area contributed by atoms with E-state index in [1.165, 1.54) is 6.92 Å². The van der Waals surface area contributed by atoms with E-state index in [2.05, 4.69) is 5.32 Å². The molecular weight excluding hydrogens is 290 g/mol. The molecule has 1 heterocycles. The van der Waals surface area contributed by atoms with E-state index in [4.69, 9.17) is 9.47 Å². The molecule has 1 aromatic carbocycles. The van der Waals surface area contributed by atoms with Gasteiger partial charge in [0.1, 0.15) is 6.10 Å². The van der Waals surface area contributed by atoms with Crippen molar-refractivity contribution in [2.24, 2.45) is 0 Å². The molecule has 0 aliphatic carbocycles. The molecule has 0 aromatic heterocycles. The van der Waals surface area contributed by atoms with Crippen molar-refractivity contribution in [1.29, 1.82) is 0 Å². The van der Waals surface area contributed by atoms with Gasteiger partial charge in [-0.05, 0) is 12.1 Å². The Bertz CT molecular complexity index is 520. The molecule has 120 valence electrons. The lowest BCUT2D eigenvalue weighted by Gasteiger charge is -2.39. The minimum atomic E-state index is -1.14. The van der Waals surface area contributed by atoms with E-state index in [9.17, 15) is 19.8 Å². The average molecular weight is 309 g/mol. The summed E-state index contributed by atoms with van der Waals surface area (Å²) in [5, 5.41) is 21.6. The van der Waals surface area contributed by atoms with E-state index < -0.39 is 37.1 Å².